The minimum atomic E-state index is -0.952. The number of ketones is 1. The van der Waals surface area contributed by atoms with Gasteiger partial charge in [-0.3, -0.25) is 14.7 Å². The second-order valence-corrected chi connectivity index (χ2v) is 5.31. The van der Waals surface area contributed by atoms with Gasteiger partial charge in [-0.25, -0.2) is 0 Å². The molecule has 2 N–H and O–H groups in total. The van der Waals surface area contributed by atoms with E-state index in [1.165, 1.54) is 11.3 Å². The van der Waals surface area contributed by atoms with Gasteiger partial charge in [0.15, 0.2) is 5.78 Å². The van der Waals surface area contributed by atoms with E-state index in [0.717, 1.165) is 21.0 Å². The van der Waals surface area contributed by atoms with Crippen molar-refractivity contribution in [1.29, 1.82) is 0 Å². The van der Waals surface area contributed by atoms with Crippen molar-refractivity contribution in [2.75, 3.05) is 0 Å². The van der Waals surface area contributed by atoms with E-state index in [1.807, 2.05) is 18.2 Å². The van der Waals surface area contributed by atoms with Crippen molar-refractivity contribution in [3.8, 4) is 0 Å². The van der Waals surface area contributed by atoms with E-state index in [4.69, 9.17) is 5.11 Å². The number of aromatic nitrogens is 2. The van der Waals surface area contributed by atoms with Crippen molar-refractivity contribution in [2.45, 2.75) is 12.8 Å². The van der Waals surface area contributed by atoms with Crippen LogP contribution in [0.2, 0.25) is 0 Å². The molecular formula is C13H10N2O3S. The average molecular weight is 274 g/mol. The van der Waals surface area contributed by atoms with Gasteiger partial charge in [-0.1, -0.05) is 0 Å². The molecule has 0 amide bonds. The van der Waals surface area contributed by atoms with E-state index >= 15 is 0 Å². The van der Waals surface area contributed by atoms with Gasteiger partial charge in [0.2, 0.25) is 0 Å². The number of nitrogens with zero attached hydrogens (tertiary/aromatic N) is 1. The average Bonchev–Trinajstić information content (AvgIpc) is 3.00. The van der Waals surface area contributed by atoms with Crippen LogP contribution in [0.3, 0.4) is 0 Å². The summed E-state index contributed by atoms with van der Waals surface area (Å²) in [6, 6.07) is 5.65. The molecule has 0 saturated carbocycles. The molecule has 0 fully saturated rings. The van der Waals surface area contributed by atoms with Crippen LogP contribution in [0.1, 0.15) is 22.5 Å². The molecular weight excluding hydrogens is 264 g/mol. The molecule has 2 heterocycles. The highest BCUT2D eigenvalue weighted by atomic mass is 32.1. The Balaban J connectivity index is 2.01. The maximum Gasteiger partial charge on any atom is 0.303 e. The normalized spacial score (nSPS) is 11.2. The van der Waals surface area contributed by atoms with Crippen LogP contribution in [0.25, 0.3) is 21.0 Å². The number of carbonyl (C=O) groups excluding carboxylic acids is 1. The van der Waals surface area contributed by atoms with E-state index in [0.29, 0.717) is 4.88 Å². The predicted molar refractivity (Wildman–Crippen MR) is 72.7 cm³/mol. The number of fused-ring (bicyclic) bond motifs is 3. The molecule has 96 valence electrons. The topological polar surface area (TPSA) is 83.0 Å². The first-order valence-corrected chi connectivity index (χ1v) is 6.58. The fourth-order valence-corrected chi connectivity index (χ4v) is 3.06. The molecule has 0 atom stereocenters. The largest absolute Gasteiger partial charge is 0.481 e. The number of nitrogens with one attached hydrogen (secondary N) is 1. The molecule has 6 heteroatoms. The Bertz CT molecular complexity index is 787. The van der Waals surface area contributed by atoms with E-state index in [-0.39, 0.29) is 18.6 Å². The summed E-state index contributed by atoms with van der Waals surface area (Å²) in [6.45, 7) is 0. The fraction of sp³-hybridized carbons (Fsp3) is 0.154. The number of hydrogen-bond donors (Lipinski definition) is 2. The number of carboxylic acids is 1. The highest BCUT2D eigenvalue weighted by molar-refractivity contribution is 7.21. The Morgan fingerprint density at radius 3 is 2.89 bits per heavy atom. The van der Waals surface area contributed by atoms with Gasteiger partial charge in [0.25, 0.3) is 0 Å². The van der Waals surface area contributed by atoms with Gasteiger partial charge in [0.05, 0.1) is 16.8 Å². The van der Waals surface area contributed by atoms with E-state index in [2.05, 4.69) is 10.2 Å². The van der Waals surface area contributed by atoms with Gasteiger partial charge in [0, 0.05) is 28.1 Å². The van der Waals surface area contributed by atoms with E-state index in [9.17, 15) is 9.59 Å². The minimum absolute atomic E-state index is 0.0384. The smallest absolute Gasteiger partial charge is 0.303 e. The monoisotopic (exact) mass is 274 g/mol. The lowest BCUT2D eigenvalue weighted by Gasteiger charge is -1.92. The molecule has 0 unspecified atom stereocenters. The zero-order valence-electron chi connectivity index (χ0n) is 9.84. The van der Waals surface area contributed by atoms with Crippen molar-refractivity contribution < 1.29 is 14.7 Å². The third-order valence-electron chi connectivity index (χ3n) is 2.95. The number of hydrogen-bond acceptors (Lipinski definition) is 4. The summed E-state index contributed by atoms with van der Waals surface area (Å²) in [7, 11) is 0. The summed E-state index contributed by atoms with van der Waals surface area (Å²) in [6.07, 6.45) is 1.71. The highest BCUT2D eigenvalue weighted by Crippen LogP contribution is 2.31. The van der Waals surface area contributed by atoms with E-state index < -0.39 is 5.97 Å². The number of H-pyrrole nitrogens is 1. The van der Waals surface area contributed by atoms with Gasteiger partial charge in [-0.2, -0.15) is 5.10 Å². The maximum absolute atomic E-state index is 11.9. The Labute approximate surface area is 111 Å². The molecule has 5 nitrogen and oxygen atoms in total. The van der Waals surface area contributed by atoms with Gasteiger partial charge in [-0.15, -0.1) is 11.3 Å². The van der Waals surface area contributed by atoms with Crippen molar-refractivity contribution >= 4 is 44.1 Å². The lowest BCUT2D eigenvalue weighted by Crippen LogP contribution is -2.01. The molecule has 0 aliphatic heterocycles. The van der Waals surface area contributed by atoms with Gasteiger partial charge in [-0.05, 0) is 18.2 Å². The first-order valence-electron chi connectivity index (χ1n) is 5.76. The molecule has 1 aromatic carbocycles. The second kappa shape index (κ2) is 4.47. The Kier molecular flexibility index (Phi) is 2.79. The van der Waals surface area contributed by atoms with Crippen molar-refractivity contribution in [1.82, 2.24) is 10.2 Å². The van der Waals surface area contributed by atoms with Crippen molar-refractivity contribution in [3.05, 3.63) is 29.3 Å². The predicted octanol–water partition coefficient (Wildman–Crippen LogP) is 2.83. The number of carbonyl (C=O) groups is 2. The van der Waals surface area contributed by atoms with Crippen LogP contribution in [0.15, 0.2) is 24.4 Å². The summed E-state index contributed by atoms with van der Waals surface area (Å²) in [5, 5.41) is 17.5. The van der Waals surface area contributed by atoms with Crippen LogP contribution in [0.5, 0.6) is 0 Å². The van der Waals surface area contributed by atoms with Crippen LogP contribution >= 0.6 is 11.3 Å². The Morgan fingerprint density at radius 2 is 2.11 bits per heavy atom. The molecule has 19 heavy (non-hydrogen) atoms. The zero-order valence-corrected chi connectivity index (χ0v) is 10.7. The third-order valence-corrected chi connectivity index (χ3v) is 4.10. The number of aliphatic carboxylic acids is 1. The van der Waals surface area contributed by atoms with Gasteiger partial charge < -0.3 is 5.11 Å². The quantitative estimate of drug-likeness (QED) is 0.716. The molecule has 3 aromatic rings. The first-order chi connectivity index (χ1) is 9.15. The second-order valence-electron chi connectivity index (χ2n) is 4.22. The van der Waals surface area contributed by atoms with Crippen LogP contribution < -0.4 is 0 Å². The summed E-state index contributed by atoms with van der Waals surface area (Å²) in [5.41, 5.74) is 0.856. The number of thiophene rings is 1. The van der Waals surface area contributed by atoms with Crippen LogP contribution in [-0.4, -0.2) is 27.1 Å². The lowest BCUT2D eigenvalue weighted by molar-refractivity contribution is -0.136. The molecule has 0 radical (unpaired) electrons. The zero-order chi connectivity index (χ0) is 13.4. The van der Waals surface area contributed by atoms with Crippen LogP contribution in [0.4, 0.5) is 0 Å². The number of aromatic amines is 1. The summed E-state index contributed by atoms with van der Waals surface area (Å²) < 4.78 is 1.01. The number of carboxylic acid groups (broad SMARTS) is 1. The summed E-state index contributed by atoms with van der Waals surface area (Å²) in [5.74, 6) is -1.08. The third kappa shape index (κ3) is 2.10. The summed E-state index contributed by atoms with van der Waals surface area (Å²) in [4.78, 5) is 23.0. The molecule has 0 aliphatic rings. The molecule has 0 saturated heterocycles. The lowest BCUT2D eigenvalue weighted by atomic mass is 10.1. The Morgan fingerprint density at radius 1 is 1.26 bits per heavy atom. The molecule has 3 rings (SSSR count). The molecule has 0 aliphatic carbocycles. The van der Waals surface area contributed by atoms with Crippen molar-refractivity contribution in [3.63, 3.8) is 0 Å². The molecule has 0 spiro atoms. The number of Topliss-reactive ketones (excluding diaryl/α,β-unsaturated/α-hetero) is 1. The number of benzene rings is 1. The highest BCUT2D eigenvalue weighted by Gasteiger charge is 2.13. The minimum Gasteiger partial charge on any atom is -0.481 e. The summed E-state index contributed by atoms with van der Waals surface area (Å²) >= 11 is 1.39. The van der Waals surface area contributed by atoms with E-state index in [1.54, 1.807) is 6.20 Å². The van der Waals surface area contributed by atoms with Gasteiger partial charge in [0.1, 0.15) is 0 Å². The fourth-order valence-electron chi connectivity index (χ4n) is 2.02. The van der Waals surface area contributed by atoms with Crippen molar-refractivity contribution in [2.24, 2.45) is 0 Å². The standard InChI is InChI=1S/C13H10N2O3S/c16-10(2-4-13(17)18)12-5-7-8-6-14-15-9(8)1-3-11(7)19-12/h1,3,5-6H,2,4H2,(H,14,15)(H,17,18). The van der Waals surface area contributed by atoms with Crippen LogP contribution in [0, 0.1) is 0 Å². The van der Waals surface area contributed by atoms with Crippen LogP contribution in [-0.2, 0) is 4.79 Å². The SMILES string of the molecule is O=C(O)CCC(=O)c1cc2c(ccc3n[nH]cc32)s1. The molecule has 0 bridgehead atoms. The number of rotatable bonds is 4. The molecule has 2 aromatic heterocycles. The first kappa shape index (κ1) is 11.9. The maximum atomic E-state index is 11.9. The van der Waals surface area contributed by atoms with Gasteiger partial charge >= 0.3 is 5.97 Å². The Hall–Kier alpha value is -2.21.